The standard InChI is InChI=1S/C26H26N2O2S/c1-3-30-22-14-12-21(13-15-22)27-26(29)18-31-25-17-28(24-7-5-4-6-23(24)25)16-20-10-8-19(2)9-11-20/h4-15,17H,3,16,18H2,1-2H3,(H,27,29). The van der Waals surface area contributed by atoms with Crippen LogP contribution in [0.4, 0.5) is 5.69 Å². The zero-order valence-electron chi connectivity index (χ0n) is 17.8. The van der Waals surface area contributed by atoms with Crippen molar-refractivity contribution in [1.82, 2.24) is 4.57 Å². The number of carbonyl (C=O) groups is 1. The van der Waals surface area contributed by atoms with Crippen molar-refractivity contribution in [2.45, 2.75) is 25.3 Å². The summed E-state index contributed by atoms with van der Waals surface area (Å²) in [5.41, 5.74) is 4.47. The van der Waals surface area contributed by atoms with E-state index in [2.05, 4.69) is 65.5 Å². The maximum Gasteiger partial charge on any atom is 0.234 e. The van der Waals surface area contributed by atoms with Crippen molar-refractivity contribution in [3.05, 3.63) is 90.1 Å². The molecule has 4 aromatic rings. The van der Waals surface area contributed by atoms with E-state index in [4.69, 9.17) is 4.74 Å². The van der Waals surface area contributed by atoms with Crippen LogP contribution in [0.2, 0.25) is 0 Å². The van der Waals surface area contributed by atoms with Gasteiger partial charge in [0.1, 0.15) is 5.75 Å². The molecule has 1 N–H and O–H groups in total. The number of anilines is 1. The molecule has 0 fully saturated rings. The van der Waals surface area contributed by atoms with Gasteiger partial charge in [-0.15, -0.1) is 11.8 Å². The van der Waals surface area contributed by atoms with Gasteiger partial charge in [-0.2, -0.15) is 0 Å². The molecule has 0 aliphatic carbocycles. The maximum atomic E-state index is 12.5. The number of fused-ring (bicyclic) bond motifs is 1. The molecule has 1 heterocycles. The second-order valence-electron chi connectivity index (χ2n) is 7.42. The quantitative estimate of drug-likeness (QED) is 0.342. The minimum atomic E-state index is -0.0236. The van der Waals surface area contributed by atoms with Crippen LogP contribution in [0.3, 0.4) is 0 Å². The van der Waals surface area contributed by atoms with E-state index < -0.39 is 0 Å². The van der Waals surface area contributed by atoms with Crippen LogP contribution >= 0.6 is 11.8 Å². The number of hydrogen-bond donors (Lipinski definition) is 1. The third-order valence-corrected chi connectivity index (χ3v) is 6.08. The Morgan fingerprint density at radius 2 is 1.74 bits per heavy atom. The largest absolute Gasteiger partial charge is 0.494 e. The van der Waals surface area contributed by atoms with Crippen LogP contribution in [0.25, 0.3) is 10.9 Å². The average Bonchev–Trinajstić information content (AvgIpc) is 3.13. The number of amides is 1. The molecule has 158 valence electrons. The Balaban J connectivity index is 1.44. The van der Waals surface area contributed by atoms with Crippen molar-refractivity contribution in [3.63, 3.8) is 0 Å². The topological polar surface area (TPSA) is 43.3 Å². The molecule has 0 aliphatic rings. The molecular weight excluding hydrogens is 404 g/mol. The van der Waals surface area contributed by atoms with Gasteiger partial charge in [-0.25, -0.2) is 0 Å². The summed E-state index contributed by atoms with van der Waals surface area (Å²) in [5, 5.41) is 4.13. The van der Waals surface area contributed by atoms with Gasteiger partial charge in [0.05, 0.1) is 12.4 Å². The third-order valence-electron chi connectivity index (χ3n) is 5.03. The fourth-order valence-electron chi connectivity index (χ4n) is 3.49. The van der Waals surface area contributed by atoms with E-state index in [1.165, 1.54) is 22.0 Å². The SMILES string of the molecule is CCOc1ccc(NC(=O)CSc2cn(Cc3ccc(C)cc3)c3ccccc23)cc1. The van der Waals surface area contributed by atoms with Crippen molar-refractivity contribution in [2.75, 3.05) is 17.7 Å². The summed E-state index contributed by atoms with van der Waals surface area (Å²) in [7, 11) is 0. The van der Waals surface area contributed by atoms with Gasteiger partial charge >= 0.3 is 0 Å². The molecule has 4 nitrogen and oxygen atoms in total. The first-order chi connectivity index (χ1) is 15.1. The first-order valence-corrected chi connectivity index (χ1v) is 11.4. The summed E-state index contributed by atoms with van der Waals surface area (Å²) in [6.07, 6.45) is 2.15. The number of rotatable bonds is 8. The number of aryl methyl sites for hydroxylation is 1. The second-order valence-corrected chi connectivity index (χ2v) is 8.44. The zero-order chi connectivity index (χ0) is 21.6. The minimum absolute atomic E-state index is 0.0236. The van der Waals surface area contributed by atoms with Gasteiger partial charge in [-0.3, -0.25) is 4.79 Å². The molecule has 0 atom stereocenters. The lowest BCUT2D eigenvalue weighted by molar-refractivity contribution is -0.113. The molecule has 3 aromatic carbocycles. The van der Waals surface area contributed by atoms with Crippen molar-refractivity contribution >= 4 is 34.3 Å². The Kier molecular flexibility index (Phi) is 6.63. The van der Waals surface area contributed by atoms with Gasteiger partial charge in [0, 0.05) is 34.2 Å². The van der Waals surface area contributed by atoms with Crippen LogP contribution < -0.4 is 10.1 Å². The number of ether oxygens (including phenoxy) is 1. The summed E-state index contributed by atoms with van der Waals surface area (Å²) in [5.74, 6) is 1.13. The summed E-state index contributed by atoms with van der Waals surface area (Å²) >= 11 is 1.56. The van der Waals surface area contributed by atoms with E-state index in [1.54, 1.807) is 11.8 Å². The monoisotopic (exact) mass is 430 g/mol. The van der Waals surface area contributed by atoms with E-state index in [1.807, 2.05) is 37.3 Å². The molecule has 0 unspecified atom stereocenters. The normalized spacial score (nSPS) is 10.9. The van der Waals surface area contributed by atoms with Crippen LogP contribution in [-0.2, 0) is 11.3 Å². The molecule has 5 heteroatoms. The maximum absolute atomic E-state index is 12.5. The predicted molar refractivity (Wildman–Crippen MR) is 129 cm³/mol. The smallest absolute Gasteiger partial charge is 0.234 e. The van der Waals surface area contributed by atoms with Crippen LogP contribution in [0.5, 0.6) is 5.75 Å². The lowest BCUT2D eigenvalue weighted by atomic mass is 10.1. The van der Waals surface area contributed by atoms with E-state index >= 15 is 0 Å². The van der Waals surface area contributed by atoms with Gasteiger partial charge in [-0.1, -0.05) is 48.0 Å². The van der Waals surface area contributed by atoms with Crippen LogP contribution in [0, 0.1) is 6.92 Å². The first-order valence-electron chi connectivity index (χ1n) is 10.4. The first kappa shape index (κ1) is 21.1. The lowest BCUT2D eigenvalue weighted by Crippen LogP contribution is -2.13. The van der Waals surface area contributed by atoms with E-state index in [0.717, 1.165) is 22.9 Å². The molecule has 0 bridgehead atoms. The minimum Gasteiger partial charge on any atom is -0.494 e. The van der Waals surface area contributed by atoms with E-state index in [9.17, 15) is 4.79 Å². The molecule has 1 aromatic heterocycles. The number of nitrogens with zero attached hydrogens (tertiary/aromatic N) is 1. The zero-order valence-corrected chi connectivity index (χ0v) is 18.6. The third kappa shape index (κ3) is 5.30. The number of hydrogen-bond acceptors (Lipinski definition) is 3. The van der Waals surface area contributed by atoms with Gasteiger partial charge in [0.15, 0.2) is 0 Å². The van der Waals surface area contributed by atoms with E-state index in [0.29, 0.717) is 12.4 Å². The predicted octanol–water partition coefficient (Wildman–Crippen LogP) is 6.13. The number of aromatic nitrogens is 1. The molecule has 0 spiro atoms. The highest BCUT2D eigenvalue weighted by atomic mass is 32.2. The Bertz CT molecular complexity index is 1160. The second kappa shape index (κ2) is 9.75. The summed E-state index contributed by atoms with van der Waals surface area (Å²) in [4.78, 5) is 13.6. The van der Waals surface area contributed by atoms with Gasteiger partial charge in [0.2, 0.25) is 5.91 Å². The Labute approximate surface area is 187 Å². The number of para-hydroxylation sites is 1. The number of benzene rings is 3. The highest BCUT2D eigenvalue weighted by Crippen LogP contribution is 2.30. The Morgan fingerprint density at radius 3 is 2.48 bits per heavy atom. The van der Waals surface area contributed by atoms with Crippen LogP contribution in [0.15, 0.2) is 83.9 Å². The number of nitrogens with one attached hydrogen (secondary N) is 1. The van der Waals surface area contributed by atoms with Gasteiger partial charge in [0.25, 0.3) is 0 Å². The lowest BCUT2D eigenvalue weighted by Gasteiger charge is -2.07. The molecular formula is C26H26N2O2S. The van der Waals surface area contributed by atoms with E-state index in [-0.39, 0.29) is 5.91 Å². The van der Waals surface area contributed by atoms with Crippen LogP contribution in [-0.4, -0.2) is 22.8 Å². The van der Waals surface area contributed by atoms with Crippen molar-refractivity contribution in [2.24, 2.45) is 0 Å². The van der Waals surface area contributed by atoms with Crippen molar-refractivity contribution in [1.29, 1.82) is 0 Å². The molecule has 0 radical (unpaired) electrons. The highest BCUT2D eigenvalue weighted by molar-refractivity contribution is 8.00. The van der Waals surface area contributed by atoms with Gasteiger partial charge < -0.3 is 14.6 Å². The fraction of sp³-hybridized carbons (Fsp3) is 0.192. The fourth-order valence-corrected chi connectivity index (χ4v) is 4.38. The Morgan fingerprint density at radius 1 is 1.00 bits per heavy atom. The average molecular weight is 431 g/mol. The van der Waals surface area contributed by atoms with Gasteiger partial charge in [-0.05, 0) is 49.7 Å². The summed E-state index contributed by atoms with van der Waals surface area (Å²) < 4.78 is 7.70. The van der Waals surface area contributed by atoms with Crippen molar-refractivity contribution < 1.29 is 9.53 Å². The Hall–Kier alpha value is -3.18. The highest BCUT2D eigenvalue weighted by Gasteiger charge is 2.11. The molecule has 0 aliphatic heterocycles. The number of carbonyl (C=O) groups excluding carboxylic acids is 1. The molecule has 4 rings (SSSR count). The molecule has 0 saturated heterocycles. The molecule has 1 amide bonds. The molecule has 31 heavy (non-hydrogen) atoms. The summed E-state index contributed by atoms with van der Waals surface area (Å²) in [6, 6.07) is 24.4. The molecule has 0 saturated carbocycles. The summed E-state index contributed by atoms with van der Waals surface area (Å²) in [6.45, 7) is 5.48. The van der Waals surface area contributed by atoms with Crippen LogP contribution in [0.1, 0.15) is 18.1 Å². The number of thioether (sulfide) groups is 1. The van der Waals surface area contributed by atoms with Crippen molar-refractivity contribution in [3.8, 4) is 5.75 Å².